The SMILES string of the molecule is CCOC(=O)C(Cc1cncc(C)c1)(C(=O)O)C(C)C. The third-order valence-electron chi connectivity index (χ3n) is 3.42. The molecule has 110 valence electrons. The van der Waals surface area contributed by atoms with E-state index in [1.807, 2.05) is 13.0 Å². The number of nitrogens with zero attached hydrogens (tertiary/aromatic N) is 1. The van der Waals surface area contributed by atoms with Crippen molar-refractivity contribution in [2.75, 3.05) is 6.61 Å². The quantitative estimate of drug-likeness (QED) is 0.638. The summed E-state index contributed by atoms with van der Waals surface area (Å²) in [6, 6.07) is 1.84. The fourth-order valence-electron chi connectivity index (χ4n) is 2.22. The second-order valence-corrected chi connectivity index (χ2v) is 5.20. The molecule has 0 fully saturated rings. The van der Waals surface area contributed by atoms with E-state index in [0.717, 1.165) is 5.56 Å². The van der Waals surface area contributed by atoms with Crippen LogP contribution in [0.25, 0.3) is 0 Å². The summed E-state index contributed by atoms with van der Waals surface area (Å²) in [7, 11) is 0. The molecule has 1 N–H and O–H groups in total. The number of rotatable bonds is 6. The van der Waals surface area contributed by atoms with E-state index < -0.39 is 17.4 Å². The number of aromatic nitrogens is 1. The number of carbonyl (C=O) groups is 2. The van der Waals surface area contributed by atoms with Crippen LogP contribution in [0.15, 0.2) is 18.5 Å². The lowest BCUT2D eigenvalue weighted by atomic mass is 9.72. The van der Waals surface area contributed by atoms with Crippen LogP contribution in [-0.2, 0) is 20.7 Å². The van der Waals surface area contributed by atoms with Crippen LogP contribution < -0.4 is 0 Å². The lowest BCUT2D eigenvalue weighted by Crippen LogP contribution is -2.47. The van der Waals surface area contributed by atoms with Crippen molar-refractivity contribution in [3.63, 3.8) is 0 Å². The largest absolute Gasteiger partial charge is 0.480 e. The van der Waals surface area contributed by atoms with Gasteiger partial charge in [0.25, 0.3) is 0 Å². The average molecular weight is 279 g/mol. The number of esters is 1. The van der Waals surface area contributed by atoms with Crippen molar-refractivity contribution < 1.29 is 19.4 Å². The van der Waals surface area contributed by atoms with E-state index in [1.165, 1.54) is 0 Å². The van der Waals surface area contributed by atoms with Crippen LogP contribution >= 0.6 is 0 Å². The Morgan fingerprint density at radius 2 is 2.05 bits per heavy atom. The molecule has 0 aliphatic rings. The Kier molecular flexibility index (Phi) is 5.25. The number of carbonyl (C=O) groups excluding carboxylic acids is 1. The van der Waals surface area contributed by atoms with E-state index in [1.54, 1.807) is 33.2 Å². The van der Waals surface area contributed by atoms with Crippen LogP contribution in [0.3, 0.4) is 0 Å². The molecule has 0 aliphatic heterocycles. The van der Waals surface area contributed by atoms with E-state index in [0.29, 0.717) is 5.56 Å². The van der Waals surface area contributed by atoms with Crippen molar-refractivity contribution in [1.82, 2.24) is 4.98 Å². The Morgan fingerprint density at radius 1 is 1.40 bits per heavy atom. The molecular weight excluding hydrogens is 258 g/mol. The van der Waals surface area contributed by atoms with E-state index in [-0.39, 0.29) is 18.9 Å². The maximum absolute atomic E-state index is 12.2. The Bertz CT molecular complexity index is 498. The van der Waals surface area contributed by atoms with Gasteiger partial charge in [0.05, 0.1) is 6.61 Å². The Morgan fingerprint density at radius 3 is 2.50 bits per heavy atom. The highest BCUT2D eigenvalue weighted by molar-refractivity contribution is 5.99. The van der Waals surface area contributed by atoms with Gasteiger partial charge in [-0.15, -0.1) is 0 Å². The first-order chi connectivity index (χ1) is 9.34. The van der Waals surface area contributed by atoms with E-state index in [4.69, 9.17) is 4.74 Å². The van der Waals surface area contributed by atoms with Gasteiger partial charge in [-0.2, -0.15) is 0 Å². The fourth-order valence-corrected chi connectivity index (χ4v) is 2.22. The maximum atomic E-state index is 12.2. The summed E-state index contributed by atoms with van der Waals surface area (Å²) in [6.45, 7) is 7.13. The minimum atomic E-state index is -1.58. The maximum Gasteiger partial charge on any atom is 0.324 e. The molecule has 0 amide bonds. The van der Waals surface area contributed by atoms with Crippen molar-refractivity contribution >= 4 is 11.9 Å². The minimum Gasteiger partial charge on any atom is -0.480 e. The van der Waals surface area contributed by atoms with Gasteiger partial charge in [-0.3, -0.25) is 14.6 Å². The molecule has 1 unspecified atom stereocenters. The number of ether oxygens (including phenoxy) is 1. The Balaban J connectivity index is 3.23. The number of hydrogen-bond donors (Lipinski definition) is 1. The zero-order valence-corrected chi connectivity index (χ0v) is 12.3. The first-order valence-electron chi connectivity index (χ1n) is 6.65. The molecule has 0 aromatic carbocycles. The molecule has 0 saturated heterocycles. The lowest BCUT2D eigenvalue weighted by molar-refractivity contribution is -0.172. The number of aryl methyl sites for hydroxylation is 1. The molecule has 20 heavy (non-hydrogen) atoms. The summed E-state index contributed by atoms with van der Waals surface area (Å²) >= 11 is 0. The predicted octanol–water partition coefficient (Wildman–Crippen LogP) is 2.22. The van der Waals surface area contributed by atoms with Crippen molar-refractivity contribution in [1.29, 1.82) is 0 Å². The summed E-state index contributed by atoms with van der Waals surface area (Å²) in [4.78, 5) is 28.0. The first kappa shape index (κ1) is 16.1. The van der Waals surface area contributed by atoms with Gasteiger partial charge >= 0.3 is 11.9 Å². The van der Waals surface area contributed by atoms with E-state index >= 15 is 0 Å². The van der Waals surface area contributed by atoms with Crippen LogP contribution in [0.1, 0.15) is 31.9 Å². The van der Waals surface area contributed by atoms with Crippen LogP contribution in [0.4, 0.5) is 0 Å². The molecule has 0 aliphatic carbocycles. The fraction of sp³-hybridized carbons (Fsp3) is 0.533. The van der Waals surface area contributed by atoms with Gasteiger partial charge in [-0.05, 0) is 30.9 Å². The number of hydrogen-bond acceptors (Lipinski definition) is 4. The molecule has 5 heteroatoms. The molecule has 1 rings (SSSR count). The highest BCUT2D eigenvalue weighted by Crippen LogP contribution is 2.34. The van der Waals surface area contributed by atoms with Crippen LogP contribution in [0, 0.1) is 18.3 Å². The summed E-state index contributed by atoms with van der Waals surface area (Å²) < 4.78 is 4.99. The van der Waals surface area contributed by atoms with Crippen molar-refractivity contribution in [3.8, 4) is 0 Å². The van der Waals surface area contributed by atoms with Gasteiger partial charge in [0.1, 0.15) is 0 Å². The smallest absolute Gasteiger partial charge is 0.324 e. The molecule has 1 atom stereocenters. The zero-order chi connectivity index (χ0) is 15.3. The predicted molar refractivity (Wildman–Crippen MR) is 74.2 cm³/mol. The molecule has 5 nitrogen and oxygen atoms in total. The van der Waals surface area contributed by atoms with Crippen LogP contribution in [0.2, 0.25) is 0 Å². The Hall–Kier alpha value is -1.91. The zero-order valence-electron chi connectivity index (χ0n) is 12.3. The van der Waals surface area contributed by atoms with Crippen molar-refractivity contribution in [3.05, 3.63) is 29.6 Å². The summed E-state index contributed by atoms with van der Waals surface area (Å²) in [5, 5.41) is 9.60. The minimum absolute atomic E-state index is 0.0769. The van der Waals surface area contributed by atoms with Crippen LogP contribution in [-0.4, -0.2) is 28.6 Å². The molecule has 1 aromatic heterocycles. The van der Waals surface area contributed by atoms with Gasteiger partial charge in [0.15, 0.2) is 5.41 Å². The van der Waals surface area contributed by atoms with Gasteiger partial charge in [-0.1, -0.05) is 19.9 Å². The monoisotopic (exact) mass is 279 g/mol. The second kappa shape index (κ2) is 6.50. The lowest BCUT2D eigenvalue weighted by Gasteiger charge is -2.30. The molecule has 1 aromatic rings. The van der Waals surface area contributed by atoms with Gasteiger partial charge < -0.3 is 9.84 Å². The molecule has 0 spiro atoms. The number of pyridine rings is 1. The third-order valence-corrected chi connectivity index (χ3v) is 3.42. The van der Waals surface area contributed by atoms with Gasteiger partial charge in [0.2, 0.25) is 0 Å². The molecule has 0 bridgehead atoms. The number of aliphatic carboxylic acids is 1. The molecule has 0 saturated carbocycles. The number of carboxylic acids is 1. The molecule has 0 radical (unpaired) electrons. The van der Waals surface area contributed by atoms with E-state index in [9.17, 15) is 14.7 Å². The Labute approximate surface area is 119 Å². The van der Waals surface area contributed by atoms with Crippen LogP contribution in [0.5, 0.6) is 0 Å². The van der Waals surface area contributed by atoms with Gasteiger partial charge in [-0.25, -0.2) is 0 Å². The normalized spacial score (nSPS) is 13.8. The highest BCUT2D eigenvalue weighted by Gasteiger charge is 2.50. The van der Waals surface area contributed by atoms with E-state index in [2.05, 4.69) is 4.98 Å². The molecule has 1 heterocycles. The third kappa shape index (κ3) is 3.15. The average Bonchev–Trinajstić information content (AvgIpc) is 2.35. The topological polar surface area (TPSA) is 76.5 Å². The second-order valence-electron chi connectivity index (χ2n) is 5.20. The highest BCUT2D eigenvalue weighted by atomic mass is 16.5. The van der Waals surface area contributed by atoms with Crippen molar-refractivity contribution in [2.24, 2.45) is 11.3 Å². The summed E-state index contributed by atoms with van der Waals surface area (Å²) in [5.74, 6) is -2.24. The number of carboxylic acid groups (broad SMARTS) is 1. The van der Waals surface area contributed by atoms with Gasteiger partial charge in [0, 0.05) is 18.8 Å². The summed E-state index contributed by atoms with van der Waals surface area (Å²) in [6.07, 6.45) is 3.35. The van der Waals surface area contributed by atoms with Crippen molar-refractivity contribution in [2.45, 2.75) is 34.1 Å². The summed E-state index contributed by atoms with van der Waals surface area (Å²) in [5.41, 5.74) is 0.0643. The first-order valence-corrected chi connectivity index (χ1v) is 6.65. The standard InChI is InChI=1S/C15H21NO4/c1-5-20-14(19)15(10(2)3,13(17)18)7-12-6-11(4)8-16-9-12/h6,8-10H,5,7H2,1-4H3,(H,17,18). The molecular formula is C15H21NO4.